The van der Waals surface area contributed by atoms with Gasteiger partial charge in [0.25, 0.3) is 5.91 Å². The van der Waals surface area contributed by atoms with Crippen molar-refractivity contribution in [3.8, 4) is 0 Å². The molecule has 1 heterocycles. The van der Waals surface area contributed by atoms with Crippen LogP contribution >= 0.6 is 0 Å². The highest BCUT2D eigenvalue weighted by Crippen LogP contribution is 2.37. The van der Waals surface area contributed by atoms with Crippen LogP contribution in [0.25, 0.3) is 0 Å². The standard InChI is InChI=1S/C25H21N3O4/c1-15(29)16-11-12-21-20(14-16)22(25(32)28(21)2)24(31)27-19-10-6-7-17(13-19)23(30)26-18-8-4-3-5-9-18/h3-14,22H,1-2H3,(H,26,30)(H,27,31). The van der Waals surface area contributed by atoms with Gasteiger partial charge in [-0.15, -0.1) is 0 Å². The van der Waals surface area contributed by atoms with E-state index in [4.69, 9.17) is 0 Å². The summed E-state index contributed by atoms with van der Waals surface area (Å²) in [7, 11) is 1.59. The summed E-state index contributed by atoms with van der Waals surface area (Å²) in [4.78, 5) is 51.5. The third kappa shape index (κ3) is 4.00. The monoisotopic (exact) mass is 427 g/mol. The van der Waals surface area contributed by atoms with Gasteiger partial charge in [-0.1, -0.05) is 24.3 Å². The van der Waals surface area contributed by atoms with Crippen LogP contribution in [-0.4, -0.2) is 30.6 Å². The van der Waals surface area contributed by atoms with Crippen molar-refractivity contribution < 1.29 is 19.2 Å². The fourth-order valence-corrected chi connectivity index (χ4v) is 3.69. The van der Waals surface area contributed by atoms with E-state index in [1.807, 2.05) is 18.2 Å². The number of amides is 3. The first-order valence-electron chi connectivity index (χ1n) is 10.0. The predicted molar refractivity (Wildman–Crippen MR) is 122 cm³/mol. The molecule has 0 saturated carbocycles. The van der Waals surface area contributed by atoms with Gasteiger partial charge in [-0.05, 0) is 61.0 Å². The summed E-state index contributed by atoms with van der Waals surface area (Å²) in [5.41, 5.74) is 2.92. The number of anilines is 3. The lowest BCUT2D eigenvalue weighted by atomic mass is 9.96. The third-order valence-corrected chi connectivity index (χ3v) is 5.37. The summed E-state index contributed by atoms with van der Waals surface area (Å²) in [6.07, 6.45) is 0. The molecule has 3 aromatic rings. The SMILES string of the molecule is CC(=O)c1ccc2c(c1)C(C(=O)Nc1cccc(C(=O)Nc3ccccc3)c1)C(=O)N2C. The third-order valence-electron chi connectivity index (χ3n) is 5.37. The molecule has 3 aromatic carbocycles. The van der Waals surface area contributed by atoms with Gasteiger partial charge in [0.05, 0.1) is 0 Å². The maximum Gasteiger partial charge on any atom is 0.255 e. The Kier molecular flexibility index (Phi) is 5.55. The first-order valence-corrected chi connectivity index (χ1v) is 10.0. The molecule has 7 heteroatoms. The number of hydrogen-bond acceptors (Lipinski definition) is 4. The first-order chi connectivity index (χ1) is 15.3. The summed E-state index contributed by atoms with van der Waals surface area (Å²) in [5, 5.41) is 5.52. The van der Waals surface area contributed by atoms with Gasteiger partial charge in [-0.25, -0.2) is 0 Å². The molecule has 0 spiro atoms. The van der Waals surface area contributed by atoms with Crippen molar-refractivity contribution in [2.75, 3.05) is 22.6 Å². The molecule has 1 unspecified atom stereocenters. The zero-order chi connectivity index (χ0) is 22.8. The van der Waals surface area contributed by atoms with Crippen LogP contribution in [0, 0.1) is 0 Å². The topological polar surface area (TPSA) is 95.6 Å². The summed E-state index contributed by atoms with van der Waals surface area (Å²) in [6, 6.07) is 20.4. The maximum atomic E-state index is 13.0. The van der Waals surface area contributed by atoms with Crippen LogP contribution in [0.5, 0.6) is 0 Å². The van der Waals surface area contributed by atoms with Crippen molar-refractivity contribution in [2.24, 2.45) is 0 Å². The first kappa shape index (κ1) is 21.0. The minimum absolute atomic E-state index is 0.147. The highest BCUT2D eigenvalue weighted by atomic mass is 16.2. The lowest BCUT2D eigenvalue weighted by molar-refractivity contribution is -0.126. The Hall–Kier alpha value is -4.26. The number of rotatable bonds is 5. The van der Waals surface area contributed by atoms with Gasteiger partial charge in [0.2, 0.25) is 11.8 Å². The van der Waals surface area contributed by atoms with Gasteiger partial charge in [0, 0.05) is 35.2 Å². The quantitative estimate of drug-likeness (QED) is 0.478. The van der Waals surface area contributed by atoms with Crippen LogP contribution in [0.1, 0.15) is 39.1 Å². The molecule has 3 amide bonds. The lowest BCUT2D eigenvalue weighted by Gasteiger charge is -2.13. The largest absolute Gasteiger partial charge is 0.325 e. The predicted octanol–water partition coefficient (Wildman–Crippen LogP) is 3.84. The number of carbonyl (C=O) groups is 4. The molecule has 160 valence electrons. The Morgan fingerprint density at radius 3 is 2.25 bits per heavy atom. The number of hydrogen-bond donors (Lipinski definition) is 2. The number of likely N-dealkylation sites (N-methyl/N-ethyl adjacent to an activating group) is 1. The van der Waals surface area contributed by atoms with Crippen molar-refractivity contribution in [3.63, 3.8) is 0 Å². The number of para-hydroxylation sites is 1. The number of fused-ring (bicyclic) bond motifs is 1. The second-order valence-electron chi connectivity index (χ2n) is 7.55. The molecule has 1 atom stereocenters. The molecular formula is C25H21N3O4. The van der Waals surface area contributed by atoms with Crippen molar-refractivity contribution in [1.82, 2.24) is 0 Å². The molecule has 32 heavy (non-hydrogen) atoms. The number of Topliss-reactive ketones (excluding diaryl/α,β-unsaturated/α-hetero) is 1. The molecule has 0 radical (unpaired) electrons. The molecular weight excluding hydrogens is 406 g/mol. The van der Waals surface area contributed by atoms with Gasteiger partial charge < -0.3 is 15.5 Å². The van der Waals surface area contributed by atoms with Crippen molar-refractivity contribution in [3.05, 3.63) is 89.5 Å². The fourth-order valence-electron chi connectivity index (χ4n) is 3.69. The fraction of sp³-hybridized carbons (Fsp3) is 0.120. The maximum absolute atomic E-state index is 13.0. The highest BCUT2D eigenvalue weighted by Gasteiger charge is 2.40. The minimum Gasteiger partial charge on any atom is -0.325 e. The van der Waals surface area contributed by atoms with Crippen LogP contribution in [0.15, 0.2) is 72.8 Å². The van der Waals surface area contributed by atoms with Crippen molar-refractivity contribution in [1.29, 1.82) is 0 Å². The smallest absolute Gasteiger partial charge is 0.255 e. The van der Waals surface area contributed by atoms with E-state index in [1.54, 1.807) is 61.6 Å². The average molecular weight is 427 g/mol. The molecule has 0 aliphatic carbocycles. The highest BCUT2D eigenvalue weighted by molar-refractivity contribution is 6.20. The van der Waals surface area contributed by atoms with E-state index in [2.05, 4.69) is 10.6 Å². The van der Waals surface area contributed by atoms with Gasteiger partial charge >= 0.3 is 0 Å². The van der Waals surface area contributed by atoms with Gasteiger partial charge in [0.15, 0.2) is 5.78 Å². The van der Waals surface area contributed by atoms with E-state index in [-0.39, 0.29) is 17.6 Å². The number of nitrogens with one attached hydrogen (secondary N) is 2. The zero-order valence-electron chi connectivity index (χ0n) is 17.6. The summed E-state index contributed by atoms with van der Waals surface area (Å²) >= 11 is 0. The lowest BCUT2D eigenvalue weighted by Crippen LogP contribution is -2.31. The van der Waals surface area contributed by atoms with E-state index < -0.39 is 11.8 Å². The molecule has 0 fully saturated rings. The number of ketones is 1. The van der Waals surface area contributed by atoms with Gasteiger partial charge in [-0.2, -0.15) is 0 Å². The van der Waals surface area contributed by atoms with E-state index in [0.717, 1.165) is 0 Å². The minimum atomic E-state index is -1.07. The number of benzene rings is 3. The normalized spacial score (nSPS) is 14.6. The summed E-state index contributed by atoms with van der Waals surface area (Å²) in [6.45, 7) is 1.43. The van der Waals surface area contributed by atoms with E-state index in [9.17, 15) is 19.2 Å². The van der Waals surface area contributed by atoms with Gasteiger partial charge in [0.1, 0.15) is 5.92 Å². The Labute approximate surface area is 185 Å². The zero-order valence-corrected chi connectivity index (χ0v) is 17.6. The molecule has 2 N–H and O–H groups in total. The Morgan fingerprint density at radius 1 is 0.812 bits per heavy atom. The summed E-state index contributed by atoms with van der Waals surface area (Å²) in [5.74, 6) is -2.44. The molecule has 1 aliphatic rings. The molecule has 0 saturated heterocycles. The average Bonchev–Trinajstić information content (AvgIpc) is 3.04. The molecule has 4 rings (SSSR count). The van der Waals surface area contributed by atoms with Crippen molar-refractivity contribution >= 4 is 40.6 Å². The van der Waals surface area contributed by atoms with E-state index >= 15 is 0 Å². The van der Waals surface area contributed by atoms with Crippen LogP contribution in [-0.2, 0) is 9.59 Å². The molecule has 7 nitrogen and oxygen atoms in total. The second kappa shape index (κ2) is 8.47. The molecule has 1 aliphatic heterocycles. The van der Waals surface area contributed by atoms with Crippen LogP contribution in [0.4, 0.5) is 17.1 Å². The molecule has 0 bridgehead atoms. The van der Waals surface area contributed by atoms with Crippen molar-refractivity contribution in [2.45, 2.75) is 12.8 Å². The Bertz CT molecular complexity index is 1240. The molecule has 0 aromatic heterocycles. The number of carbonyl (C=O) groups excluding carboxylic acids is 4. The Balaban J connectivity index is 1.55. The number of nitrogens with zero attached hydrogens (tertiary/aromatic N) is 1. The van der Waals surface area contributed by atoms with Crippen LogP contribution in [0.2, 0.25) is 0 Å². The summed E-state index contributed by atoms with van der Waals surface area (Å²) < 4.78 is 0. The second-order valence-corrected chi connectivity index (χ2v) is 7.55. The van der Waals surface area contributed by atoms with E-state index in [1.165, 1.54) is 11.8 Å². The van der Waals surface area contributed by atoms with Crippen LogP contribution in [0.3, 0.4) is 0 Å². The van der Waals surface area contributed by atoms with Gasteiger partial charge in [-0.3, -0.25) is 19.2 Å². The Morgan fingerprint density at radius 2 is 1.53 bits per heavy atom. The van der Waals surface area contributed by atoms with Crippen LogP contribution < -0.4 is 15.5 Å². The van der Waals surface area contributed by atoms with E-state index in [0.29, 0.717) is 33.8 Å².